The van der Waals surface area contributed by atoms with E-state index in [9.17, 15) is 4.79 Å². The molecular weight excluding hydrogens is 340 g/mol. The van der Waals surface area contributed by atoms with Crippen LogP contribution >= 0.6 is 38.9 Å². The standard InChI is InChI=1S/C11H8BrClN2O2S/c12-7-1-2-18-9(7)5-15-10-3-6(11(16)17)8(13)4-14-10/h1-4H,5H2,(H,14,15)(H,16,17). The molecule has 7 heteroatoms. The van der Waals surface area contributed by atoms with Gasteiger partial charge in [0.25, 0.3) is 0 Å². The Morgan fingerprint density at radius 3 is 3.00 bits per heavy atom. The fraction of sp³-hybridized carbons (Fsp3) is 0.0909. The van der Waals surface area contributed by atoms with Gasteiger partial charge in [0.15, 0.2) is 0 Å². The molecule has 0 bridgehead atoms. The number of hydrogen-bond donors (Lipinski definition) is 2. The lowest BCUT2D eigenvalue weighted by Crippen LogP contribution is -2.04. The lowest BCUT2D eigenvalue weighted by atomic mass is 10.2. The van der Waals surface area contributed by atoms with Gasteiger partial charge in [-0.25, -0.2) is 9.78 Å². The third kappa shape index (κ3) is 3.01. The second kappa shape index (κ2) is 5.69. The molecular formula is C11H8BrClN2O2S. The van der Waals surface area contributed by atoms with Gasteiger partial charge in [0.05, 0.1) is 17.1 Å². The molecule has 0 aliphatic carbocycles. The van der Waals surface area contributed by atoms with E-state index in [1.165, 1.54) is 12.3 Å². The van der Waals surface area contributed by atoms with Crippen LogP contribution in [-0.4, -0.2) is 16.1 Å². The number of carboxylic acid groups (broad SMARTS) is 1. The van der Waals surface area contributed by atoms with E-state index in [1.807, 2.05) is 11.4 Å². The van der Waals surface area contributed by atoms with Crippen LogP contribution in [0.5, 0.6) is 0 Å². The SMILES string of the molecule is O=C(O)c1cc(NCc2sccc2Br)ncc1Cl. The first-order valence-electron chi connectivity index (χ1n) is 4.92. The number of thiophene rings is 1. The molecule has 2 heterocycles. The summed E-state index contributed by atoms with van der Waals surface area (Å²) in [6.45, 7) is 0.575. The van der Waals surface area contributed by atoms with Crippen LogP contribution in [0.15, 0.2) is 28.2 Å². The largest absolute Gasteiger partial charge is 0.478 e. The Morgan fingerprint density at radius 1 is 1.61 bits per heavy atom. The maximum absolute atomic E-state index is 10.9. The summed E-state index contributed by atoms with van der Waals surface area (Å²) >= 11 is 10.8. The predicted molar refractivity (Wildman–Crippen MR) is 75.6 cm³/mol. The van der Waals surface area contributed by atoms with Gasteiger partial charge in [0.2, 0.25) is 0 Å². The van der Waals surface area contributed by atoms with E-state index in [4.69, 9.17) is 16.7 Å². The van der Waals surface area contributed by atoms with Crippen molar-refractivity contribution in [2.24, 2.45) is 0 Å². The van der Waals surface area contributed by atoms with Gasteiger partial charge in [-0.05, 0) is 33.4 Å². The number of hydrogen-bond acceptors (Lipinski definition) is 4. The van der Waals surface area contributed by atoms with Crippen molar-refractivity contribution in [3.8, 4) is 0 Å². The summed E-state index contributed by atoms with van der Waals surface area (Å²) in [6, 6.07) is 3.38. The van der Waals surface area contributed by atoms with Gasteiger partial charge in [-0.1, -0.05) is 11.6 Å². The summed E-state index contributed by atoms with van der Waals surface area (Å²) in [5.41, 5.74) is 0.0411. The highest BCUT2D eigenvalue weighted by Gasteiger charge is 2.10. The van der Waals surface area contributed by atoms with Crippen LogP contribution in [0.3, 0.4) is 0 Å². The molecule has 2 aromatic heterocycles. The van der Waals surface area contributed by atoms with Gasteiger partial charge >= 0.3 is 5.97 Å². The van der Waals surface area contributed by atoms with Crippen molar-refractivity contribution in [2.45, 2.75) is 6.54 Å². The highest BCUT2D eigenvalue weighted by Crippen LogP contribution is 2.24. The molecule has 0 fully saturated rings. The number of pyridine rings is 1. The lowest BCUT2D eigenvalue weighted by Gasteiger charge is -2.06. The zero-order valence-corrected chi connectivity index (χ0v) is 12.1. The molecule has 2 aromatic rings. The fourth-order valence-electron chi connectivity index (χ4n) is 1.32. The van der Waals surface area contributed by atoms with E-state index < -0.39 is 5.97 Å². The van der Waals surface area contributed by atoms with Crippen LogP contribution in [0.4, 0.5) is 5.82 Å². The number of halogens is 2. The second-order valence-electron chi connectivity index (χ2n) is 3.40. The molecule has 0 saturated carbocycles. The topological polar surface area (TPSA) is 62.2 Å². The Bertz CT molecular complexity index is 588. The number of carboxylic acids is 1. The van der Waals surface area contributed by atoms with Crippen LogP contribution < -0.4 is 5.32 Å². The molecule has 18 heavy (non-hydrogen) atoms. The molecule has 0 atom stereocenters. The van der Waals surface area contributed by atoms with Crippen molar-refractivity contribution in [1.29, 1.82) is 0 Å². The quantitative estimate of drug-likeness (QED) is 0.881. The van der Waals surface area contributed by atoms with Gasteiger partial charge in [0.1, 0.15) is 5.82 Å². The van der Waals surface area contributed by atoms with Crippen LogP contribution in [0, 0.1) is 0 Å². The minimum absolute atomic E-state index is 0.0411. The molecule has 0 aliphatic rings. The molecule has 0 unspecified atom stereocenters. The number of anilines is 1. The first-order valence-corrected chi connectivity index (χ1v) is 6.97. The van der Waals surface area contributed by atoms with Crippen LogP contribution in [0.25, 0.3) is 0 Å². The van der Waals surface area contributed by atoms with E-state index >= 15 is 0 Å². The van der Waals surface area contributed by atoms with Crippen molar-refractivity contribution in [2.75, 3.05) is 5.32 Å². The highest BCUT2D eigenvalue weighted by atomic mass is 79.9. The van der Waals surface area contributed by atoms with Gasteiger partial charge in [-0.2, -0.15) is 0 Å². The number of nitrogens with zero attached hydrogens (tertiary/aromatic N) is 1. The Labute approximate surface area is 121 Å². The Hall–Kier alpha value is -1.11. The normalized spacial score (nSPS) is 10.3. The van der Waals surface area contributed by atoms with Gasteiger partial charge in [-0.3, -0.25) is 0 Å². The smallest absolute Gasteiger partial charge is 0.337 e. The summed E-state index contributed by atoms with van der Waals surface area (Å²) < 4.78 is 1.02. The number of rotatable bonds is 4. The minimum atomic E-state index is -1.07. The second-order valence-corrected chi connectivity index (χ2v) is 5.66. The first-order chi connectivity index (χ1) is 8.58. The minimum Gasteiger partial charge on any atom is -0.478 e. The van der Waals surface area contributed by atoms with Gasteiger partial charge in [0, 0.05) is 15.5 Å². The van der Waals surface area contributed by atoms with Crippen molar-refractivity contribution in [3.05, 3.63) is 43.6 Å². The summed E-state index contributed by atoms with van der Waals surface area (Å²) in [5.74, 6) is -0.583. The molecule has 4 nitrogen and oxygen atoms in total. The zero-order chi connectivity index (χ0) is 13.1. The van der Waals surface area contributed by atoms with Gasteiger partial charge < -0.3 is 10.4 Å². The fourth-order valence-corrected chi connectivity index (χ4v) is 2.94. The van der Waals surface area contributed by atoms with Crippen molar-refractivity contribution in [3.63, 3.8) is 0 Å². The Morgan fingerprint density at radius 2 is 2.39 bits per heavy atom. The average molecular weight is 348 g/mol. The van der Waals surface area contributed by atoms with E-state index in [1.54, 1.807) is 11.3 Å². The molecule has 0 aromatic carbocycles. The van der Waals surface area contributed by atoms with Gasteiger partial charge in [-0.15, -0.1) is 11.3 Å². The Balaban J connectivity index is 2.13. The van der Waals surface area contributed by atoms with Crippen LogP contribution in [0.2, 0.25) is 5.02 Å². The third-order valence-electron chi connectivity index (χ3n) is 2.21. The summed E-state index contributed by atoms with van der Waals surface area (Å²) in [4.78, 5) is 16.1. The summed E-state index contributed by atoms with van der Waals surface area (Å²) in [7, 11) is 0. The van der Waals surface area contributed by atoms with Crippen molar-refractivity contribution >= 4 is 50.7 Å². The first kappa shape index (κ1) is 13.3. The van der Waals surface area contributed by atoms with E-state index in [0.29, 0.717) is 12.4 Å². The summed E-state index contributed by atoms with van der Waals surface area (Å²) in [5, 5.41) is 14.1. The van der Waals surface area contributed by atoms with E-state index in [0.717, 1.165) is 9.35 Å². The highest BCUT2D eigenvalue weighted by molar-refractivity contribution is 9.10. The summed E-state index contributed by atoms with van der Waals surface area (Å²) in [6.07, 6.45) is 1.33. The lowest BCUT2D eigenvalue weighted by molar-refractivity contribution is 0.0697. The maximum Gasteiger partial charge on any atom is 0.337 e. The maximum atomic E-state index is 10.9. The number of aromatic carboxylic acids is 1. The van der Waals surface area contributed by atoms with Crippen LogP contribution in [0.1, 0.15) is 15.2 Å². The molecule has 0 spiro atoms. The van der Waals surface area contributed by atoms with Crippen molar-refractivity contribution in [1.82, 2.24) is 4.98 Å². The predicted octanol–water partition coefficient (Wildman–Crippen LogP) is 3.87. The molecule has 0 saturated heterocycles. The molecule has 2 N–H and O–H groups in total. The number of aromatic nitrogens is 1. The number of carbonyl (C=O) groups is 1. The monoisotopic (exact) mass is 346 g/mol. The number of nitrogens with one attached hydrogen (secondary N) is 1. The van der Waals surface area contributed by atoms with E-state index in [2.05, 4.69) is 26.2 Å². The van der Waals surface area contributed by atoms with Crippen LogP contribution in [-0.2, 0) is 6.54 Å². The van der Waals surface area contributed by atoms with Crippen molar-refractivity contribution < 1.29 is 9.90 Å². The van der Waals surface area contributed by atoms with E-state index in [-0.39, 0.29) is 10.6 Å². The molecule has 0 aliphatic heterocycles. The molecule has 0 radical (unpaired) electrons. The molecule has 2 rings (SSSR count). The zero-order valence-electron chi connectivity index (χ0n) is 8.98. The third-order valence-corrected chi connectivity index (χ3v) is 4.43. The Kier molecular flexibility index (Phi) is 4.21. The molecule has 0 amide bonds. The average Bonchev–Trinajstić information content (AvgIpc) is 2.73. The molecule has 94 valence electrons.